The van der Waals surface area contributed by atoms with Crippen molar-refractivity contribution in [3.8, 4) is 11.6 Å². The smallest absolute Gasteiger partial charge is 0.243 e. The first kappa shape index (κ1) is 12.1. The van der Waals surface area contributed by atoms with Crippen LogP contribution in [0.15, 0.2) is 28.9 Å². The molecule has 0 radical (unpaired) electrons. The van der Waals surface area contributed by atoms with Gasteiger partial charge in [-0.3, -0.25) is 0 Å². The first-order valence-electron chi connectivity index (χ1n) is 4.46. The summed E-state index contributed by atoms with van der Waals surface area (Å²) in [6.07, 6.45) is 1.31. The Bertz CT molecular complexity index is 547. The molecule has 0 amide bonds. The summed E-state index contributed by atoms with van der Waals surface area (Å²) in [5.41, 5.74) is 5.40. The second-order valence-electron chi connectivity index (χ2n) is 3.09. The van der Waals surface area contributed by atoms with E-state index >= 15 is 0 Å². The molecule has 88 valence electrons. The Morgan fingerprint density at radius 1 is 1.35 bits per heavy atom. The summed E-state index contributed by atoms with van der Waals surface area (Å²) in [7, 11) is 0. The molecule has 1 aromatic heterocycles. The average Bonchev–Trinajstić information content (AvgIpc) is 2.22. The Morgan fingerprint density at radius 3 is 2.82 bits per heavy atom. The molecule has 0 saturated heterocycles. The number of benzene rings is 1. The third kappa shape index (κ3) is 3.04. The van der Waals surface area contributed by atoms with E-state index in [9.17, 15) is 4.39 Å². The molecule has 0 aliphatic heterocycles. The highest BCUT2D eigenvalue weighted by Crippen LogP contribution is 2.29. The number of halogens is 3. The lowest BCUT2D eigenvalue weighted by Gasteiger charge is -2.07. The van der Waals surface area contributed by atoms with Crippen molar-refractivity contribution < 1.29 is 9.13 Å². The van der Waals surface area contributed by atoms with Crippen molar-refractivity contribution >= 4 is 33.5 Å². The maximum Gasteiger partial charge on any atom is 0.243 e. The van der Waals surface area contributed by atoms with Gasteiger partial charge in [-0.05, 0) is 12.1 Å². The summed E-state index contributed by atoms with van der Waals surface area (Å²) in [6, 6.07) is 4.10. The van der Waals surface area contributed by atoms with E-state index in [1.807, 2.05) is 0 Å². The Hall–Kier alpha value is -1.40. The molecule has 2 rings (SSSR count). The van der Waals surface area contributed by atoms with E-state index in [4.69, 9.17) is 22.1 Å². The van der Waals surface area contributed by atoms with Crippen LogP contribution < -0.4 is 10.5 Å². The van der Waals surface area contributed by atoms with Crippen LogP contribution >= 0.6 is 27.5 Å². The number of nitrogens with zero attached hydrogens (tertiary/aromatic N) is 2. The minimum absolute atomic E-state index is 0.0277. The molecule has 1 aromatic carbocycles. The number of hydrogen-bond donors (Lipinski definition) is 1. The van der Waals surface area contributed by atoms with Crippen molar-refractivity contribution in [2.24, 2.45) is 0 Å². The highest BCUT2D eigenvalue weighted by atomic mass is 79.9. The van der Waals surface area contributed by atoms with E-state index in [1.165, 1.54) is 18.3 Å². The lowest BCUT2D eigenvalue weighted by Crippen LogP contribution is -1.97. The van der Waals surface area contributed by atoms with Crippen molar-refractivity contribution in [2.45, 2.75) is 0 Å². The SMILES string of the molecule is Nc1ncc(Cl)c(Oc2cc(F)cc(Br)c2)n1. The predicted molar refractivity (Wildman–Crippen MR) is 65.6 cm³/mol. The first-order valence-corrected chi connectivity index (χ1v) is 5.63. The zero-order valence-electron chi connectivity index (χ0n) is 8.32. The van der Waals surface area contributed by atoms with Crippen molar-refractivity contribution in [3.05, 3.63) is 39.7 Å². The van der Waals surface area contributed by atoms with Gasteiger partial charge in [-0.25, -0.2) is 9.37 Å². The maximum atomic E-state index is 13.1. The van der Waals surface area contributed by atoms with Gasteiger partial charge in [0.25, 0.3) is 0 Å². The fourth-order valence-corrected chi connectivity index (χ4v) is 1.71. The summed E-state index contributed by atoms with van der Waals surface area (Å²) in [6.45, 7) is 0. The lowest BCUT2D eigenvalue weighted by atomic mass is 10.3. The second kappa shape index (κ2) is 4.85. The van der Waals surface area contributed by atoms with Crippen molar-refractivity contribution in [1.82, 2.24) is 9.97 Å². The van der Waals surface area contributed by atoms with Crippen LogP contribution in [0.25, 0.3) is 0 Å². The van der Waals surface area contributed by atoms with Crippen molar-refractivity contribution in [1.29, 1.82) is 0 Å². The van der Waals surface area contributed by atoms with Gasteiger partial charge in [0.15, 0.2) is 0 Å². The molecule has 0 aliphatic rings. The molecular weight excluding hydrogens is 312 g/mol. The molecule has 2 N–H and O–H groups in total. The fourth-order valence-electron chi connectivity index (χ4n) is 1.13. The van der Waals surface area contributed by atoms with Gasteiger partial charge in [-0.2, -0.15) is 4.98 Å². The van der Waals surface area contributed by atoms with Gasteiger partial charge in [0.2, 0.25) is 11.8 Å². The number of nitrogen functional groups attached to an aromatic ring is 1. The van der Waals surface area contributed by atoms with Crippen LogP contribution in [-0.4, -0.2) is 9.97 Å². The zero-order valence-corrected chi connectivity index (χ0v) is 10.7. The van der Waals surface area contributed by atoms with E-state index in [1.54, 1.807) is 6.07 Å². The van der Waals surface area contributed by atoms with Crippen molar-refractivity contribution in [3.63, 3.8) is 0 Å². The minimum atomic E-state index is -0.437. The van der Waals surface area contributed by atoms with Crippen molar-refractivity contribution in [2.75, 3.05) is 5.73 Å². The molecule has 7 heteroatoms. The number of hydrogen-bond acceptors (Lipinski definition) is 4. The lowest BCUT2D eigenvalue weighted by molar-refractivity contribution is 0.457. The van der Waals surface area contributed by atoms with Gasteiger partial charge in [-0.15, -0.1) is 0 Å². The molecule has 0 atom stereocenters. The van der Waals surface area contributed by atoms with E-state index in [0.717, 1.165) is 0 Å². The van der Waals surface area contributed by atoms with Crippen LogP contribution in [0.1, 0.15) is 0 Å². The second-order valence-corrected chi connectivity index (χ2v) is 4.41. The fraction of sp³-hybridized carbons (Fsp3) is 0. The Kier molecular flexibility index (Phi) is 3.44. The van der Waals surface area contributed by atoms with E-state index in [-0.39, 0.29) is 22.6 Å². The standard InChI is InChI=1S/C10H6BrClFN3O/c11-5-1-6(13)3-7(2-5)17-9-8(12)4-15-10(14)16-9/h1-4H,(H2,14,15,16). The first-order chi connectivity index (χ1) is 8.04. The normalized spacial score (nSPS) is 10.3. The molecule has 0 unspecified atom stereocenters. The number of anilines is 1. The van der Waals surface area contributed by atoms with Crippen LogP contribution in [0.2, 0.25) is 5.02 Å². The van der Waals surface area contributed by atoms with Gasteiger partial charge in [-0.1, -0.05) is 27.5 Å². The molecule has 0 aliphatic carbocycles. The molecule has 0 fully saturated rings. The van der Waals surface area contributed by atoms with E-state index in [2.05, 4.69) is 25.9 Å². The molecule has 2 aromatic rings. The largest absolute Gasteiger partial charge is 0.437 e. The highest BCUT2D eigenvalue weighted by Gasteiger charge is 2.08. The van der Waals surface area contributed by atoms with Gasteiger partial charge >= 0.3 is 0 Å². The number of ether oxygens (including phenoxy) is 1. The summed E-state index contributed by atoms with van der Waals surface area (Å²) < 4.78 is 19.0. The molecule has 0 saturated carbocycles. The Balaban J connectivity index is 2.34. The average molecular weight is 319 g/mol. The van der Waals surface area contributed by atoms with E-state index in [0.29, 0.717) is 4.47 Å². The van der Waals surface area contributed by atoms with Gasteiger partial charge < -0.3 is 10.5 Å². The molecule has 17 heavy (non-hydrogen) atoms. The number of aromatic nitrogens is 2. The Labute approximate surface area is 110 Å². The monoisotopic (exact) mass is 317 g/mol. The summed E-state index contributed by atoms with van der Waals surface area (Å²) in [5, 5.41) is 0.194. The minimum Gasteiger partial charge on any atom is -0.437 e. The van der Waals surface area contributed by atoms with Gasteiger partial charge in [0, 0.05) is 10.5 Å². The molecule has 1 heterocycles. The summed E-state index contributed by atoms with van der Waals surface area (Å²) in [5.74, 6) is -0.0686. The van der Waals surface area contributed by atoms with Crippen LogP contribution in [0.3, 0.4) is 0 Å². The predicted octanol–water partition coefficient (Wildman–Crippen LogP) is 3.41. The molecular formula is C10H6BrClFN3O. The Morgan fingerprint density at radius 2 is 2.12 bits per heavy atom. The number of nitrogens with two attached hydrogens (primary N) is 1. The van der Waals surface area contributed by atoms with Crippen LogP contribution in [-0.2, 0) is 0 Å². The van der Waals surface area contributed by atoms with Crippen LogP contribution in [0, 0.1) is 5.82 Å². The van der Waals surface area contributed by atoms with Gasteiger partial charge in [0.05, 0.1) is 6.20 Å². The molecule has 0 bridgehead atoms. The third-order valence-corrected chi connectivity index (χ3v) is 2.50. The number of rotatable bonds is 2. The molecule has 4 nitrogen and oxygen atoms in total. The third-order valence-electron chi connectivity index (χ3n) is 1.78. The van der Waals surface area contributed by atoms with Crippen LogP contribution in [0.4, 0.5) is 10.3 Å². The van der Waals surface area contributed by atoms with Crippen LogP contribution in [0.5, 0.6) is 11.6 Å². The van der Waals surface area contributed by atoms with E-state index < -0.39 is 5.82 Å². The summed E-state index contributed by atoms with van der Waals surface area (Å²) in [4.78, 5) is 7.49. The quantitative estimate of drug-likeness (QED) is 0.922. The maximum absolute atomic E-state index is 13.1. The summed E-state index contributed by atoms with van der Waals surface area (Å²) >= 11 is 8.96. The van der Waals surface area contributed by atoms with Gasteiger partial charge in [0.1, 0.15) is 16.6 Å². The highest BCUT2D eigenvalue weighted by molar-refractivity contribution is 9.10. The molecule has 0 spiro atoms. The zero-order chi connectivity index (χ0) is 12.4. The topological polar surface area (TPSA) is 61.0 Å².